The van der Waals surface area contributed by atoms with Crippen LogP contribution in [0.5, 0.6) is 5.75 Å². The molecule has 17 heavy (non-hydrogen) atoms. The van der Waals surface area contributed by atoms with E-state index in [-0.39, 0.29) is 24.5 Å². The highest BCUT2D eigenvalue weighted by molar-refractivity contribution is 5.75. The molecule has 1 aromatic carbocycles. The number of carbonyl (C=O) groups is 1. The molecule has 0 aliphatic heterocycles. The van der Waals surface area contributed by atoms with E-state index in [2.05, 4.69) is 0 Å². The lowest BCUT2D eigenvalue weighted by Gasteiger charge is -2.06. The summed E-state index contributed by atoms with van der Waals surface area (Å²) in [5.74, 6) is 4.33. The van der Waals surface area contributed by atoms with Crippen LogP contribution in [0.3, 0.4) is 0 Å². The molecule has 1 aromatic rings. The van der Waals surface area contributed by atoms with Crippen LogP contribution in [0, 0.1) is 17.1 Å². The van der Waals surface area contributed by atoms with E-state index in [0.717, 1.165) is 6.07 Å². The van der Waals surface area contributed by atoms with E-state index in [9.17, 15) is 9.18 Å². The summed E-state index contributed by atoms with van der Waals surface area (Å²) in [6.07, 6.45) is 0.722. The zero-order valence-corrected chi connectivity index (χ0v) is 9.07. The van der Waals surface area contributed by atoms with Crippen LogP contribution in [-0.4, -0.2) is 12.5 Å². The van der Waals surface area contributed by atoms with Gasteiger partial charge < -0.3 is 4.74 Å². The normalized spacial score (nSPS) is 9.47. The summed E-state index contributed by atoms with van der Waals surface area (Å²) < 4.78 is 18.4. The van der Waals surface area contributed by atoms with E-state index in [1.807, 2.05) is 5.43 Å². The minimum Gasteiger partial charge on any atom is -0.493 e. The van der Waals surface area contributed by atoms with Crippen molar-refractivity contribution in [3.8, 4) is 11.8 Å². The molecular weight excluding hydrogens is 225 g/mol. The summed E-state index contributed by atoms with van der Waals surface area (Å²) in [7, 11) is 0. The molecule has 5 nitrogen and oxygen atoms in total. The van der Waals surface area contributed by atoms with Gasteiger partial charge in [0.05, 0.1) is 12.2 Å². The van der Waals surface area contributed by atoms with Gasteiger partial charge in [-0.05, 0) is 18.6 Å². The summed E-state index contributed by atoms with van der Waals surface area (Å²) in [6, 6.07) is 5.70. The molecule has 0 bridgehead atoms. The second-order valence-electron chi connectivity index (χ2n) is 3.27. The summed E-state index contributed by atoms with van der Waals surface area (Å²) in [5.41, 5.74) is 1.97. The molecule has 0 saturated heterocycles. The molecule has 0 radical (unpaired) electrons. The standard InChI is InChI=1S/C11H12FN3O2/c12-10-6-9(4-3-8(10)7-13)17-5-1-2-11(16)15-14/h3-4,6H,1-2,5,14H2,(H,15,16). The second-order valence-corrected chi connectivity index (χ2v) is 3.27. The van der Waals surface area contributed by atoms with E-state index >= 15 is 0 Å². The number of nitriles is 1. The molecule has 3 N–H and O–H groups in total. The largest absolute Gasteiger partial charge is 0.493 e. The van der Waals surface area contributed by atoms with Crippen LogP contribution < -0.4 is 16.0 Å². The highest BCUT2D eigenvalue weighted by atomic mass is 19.1. The summed E-state index contributed by atoms with van der Waals surface area (Å²) in [4.78, 5) is 10.8. The number of hydrogen-bond acceptors (Lipinski definition) is 4. The van der Waals surface area contributed by atoms with Crippen LogP contribution in [0.25, 0.3) is 0 Å². The van der Waals surface area contributed by atoms with Crippen molar-refractivity contribution >= 4 is 5.91 Å². The van der Waals surface area contributed by atoms with Crippen LogP contribution in [0.2, 0.25) is 0 Å². The van der Waals surface area contributed by atoms with Crippen molar-refractivity contribution in [1.82, 2.24) is 5.43 Å². The van der Waals surface area contributed by atoms with Crippen LogP contribution in [0.1, 0.15) is 18.4 Å². The Labute approximate surface area is 97.9 Å². The van der Waals surface area contributed by atoms with Gasteiger partial charge in [0.1, 0.15) is 17.6 Å². The van der Waals surface area contributed by atoms with Gasteiger partial charge in [-0.25, -0.2) is 10.2 Å². The highest BCUT2D eigenvalue weighted by Gasteiger charge is 2.03. The molecule has 0 spiro atoms. The fraction of sp³-hybridized carbons (Fsp3) is 0.273. The predicted molar refractivity (Wildman–Crippen MR) is 58.2 cm³/mol. The fourth-order valence-electron chi connectivity index (χ4n) is 1.17. The monoisotopic (exact) mass is 237 g/mol. The second kappa shape index (κ2) is 6.45. The van der Waals surface area contributed by atoms with Gasteiger partial charge in [-0.15, -0.1) is 0 Å². The molecule has 6 heteroatoms. The molecular formula is C11H12FN3O2. The summed E-state index contributed by atoms with van der Waals surface area (Å²) >= 11 is 0. The molecule has 90 valence electrons. The SMILES string of the molecule is N#Cc1ccc(OCCCC(=O)NN)cc1F. The number of benzene rings is 1. The number of amides is 1. The Balaban J connectivity index is 2.40. The zero-order chi connectivity index (χ0) is 12.7. The van der Waals surface area contributed by atoms with Crippen molar-refractivity contribution in [3.63, 3.8) is 0 Å². The average Bonchev–Trinajstić information content (AvgIpc) is 2.34. The first kappa shape index (κ1) is 12.9. The number of hydrazine groups is 1. The molecule has 0 aromatic heterocycles. The quantitative estimate of drug-likeness (QED) is 0.344. The molecule has 0 unspecified atom stereocenters. The van der Waals surface area contributed by atoms with Crippen LogP contribution in [0.4, 0.5) is 4.39 Å². The number of nitrogens with two attached hydrogens (primary N) is 1. The van der Waals surface area contributed by atoms with Crippen LogP contribution in [-0.2, 0) is 4.79 Å². The van der Waals surface area contributed by atoms with E-state index in [0.29, 0.717) is 12.2 Å². The highest BCUT2D eigenvalue weighted by Crippen LogP contribution is 2.16. The Morgan fingerprint density at radius 1 is 1.59 bits per heavy atom. The van der Waals surface area contributed by atoms with Gasteiger partial charge in [0.25, 0.3) is 0 Å². The Morgan fingerprint density at radius 2 is 2.35 bits per heavy atom. The van der Waals surface area contributed by atoms with E-state index in [1.165, 1.54) is 12.1 Å². The van der Waals surface area contributed by atoms with Gasteiger partial charge in [0.2, 0.25) is 5.91 Å². The average molecular weight is 237 g/mol. The molecule has 0 aliphatic carbocycles. The first-order valence-electron chi connectivity index (χ1n) is 4.99. The maximum Gasteiger partial charge on any atom is 0.234 e. The number of ether oxygens (including phenoxy) is 1. The van der Waals surface area contributed by atoms with Gasteiger partial charge in [-0.2, -0.15) is 5.26 Å². The number of carbonyl (C=O) groups excluding carboxylic acids is 1. The molecule has 1 amide bonds. The molecule has 0 fully saturated rings. The number of nitrogens with one attached hydrogen (secondary N) is 1. The lowest BCUT2D eigenvalue weighted by Crippen LogP contribution is -2.29. The van der Waals surface area contributed by atoms with Gasteiger partial charge in [0, 0.05) is 12.5 Å². The number of rotatable bonds is 5. The summed E-state index contributed by atoms with van der Waals surface area (Å²) in [6.45, 7) is 0.277. The van der Waals surface area contributed by atoms with Gasteiger partial charge in [-0.1, -0.05) is 0 Å². The Bertz CT molecular complexity index is 443. The maximum absolute atomic E-state index is 13.2. The van der Waals surface area contributed by atoms with E-state index < -0.39 is 5.82 Å². The Hall–Kier alpha value is -2.13. The van der Waals surface area contributed by atoms with E-state index in [4.69, 9.17) is 15.8 Å². The van der Waals surface area contributed by atoms with Crippen molar-refractivity contribution in [3.05, 3.63) is 29.6 Å². The predicted octanol–water partition coefficient (Wildman–Crippen LogP) is 0.846. The molecule has 1 rings (SSSR count). The van der Waals surface area contributed by atoms with Crippen molar-refractivity contribution in [1.29, 1.82) is 5.26 Å². The van der Waals surface area contributed by atoms with Gasteiger partial charge in [-0.3, -0.25) is 10.2 Å². The third kappa shape index (κ3) is 4.09. The number of hydrogen-bond donors (Lipinski definition) is 2. The first-order valence-corrected chi connectivity index (χ1v) is 4.99. The first-order chi connectivity index (χ1) is 8.17. The number of nitrogens with zero attached hydrogens (tertiary/aromatic N) is 1. The minimum absolute atomic E-state index is 0.0279. The smallest absolute Gasteiger partial charge is 0.234 e. The van der Waals surface area contributed by atoms with Crippen LogP contribution in [0.15, 0.2) is 18.2 Å². The van der Waals surface area contributed by atoms with Gasteiger partial charge >= 0.3 is 0 Å². The fourth-order valence-corrected chi connectivity index (χ4v) is 1.17. The molecule has 0 saturated carbocycles. The topological polar surface area (TPSA) is 88.1 Å². The lowest BCUT2D eigenvalue weighted by atomic mass is 10.2. The maximum atomic E-state index is 13.2. The lowest BCUT2D eigenvalue weighted by molar-refractivity contribution is -0.121. The Kier molecular flexibility index (Phi) is 4.91. The third-order valence-corrected chi connectivity index (χ3v) is 2.04. The zero-order valence-electron chi connectivity index (χ0n) is 9.07. The summed E-state index contributed by atoms with van der Waals surface area (Å²) in [5, 5.41) is 8.52. The van der Waals surface area contributed by atoms with Crippen molar-refractivity contribution < 1.29 is 13.9 Å². The van der Waals surface area contributed by atoms with Crippen molar-refractivity contribution in [2.45, 2.75) is 12.8 Å². The van der Waals surface area contributed by atoms with Gasteiger partial charge in [0.15, 0.2) is 0 Å². The molecule has 0 atom stereocenters. The van der Waals surface area contributed by atoms with Crippen molar-refractivity contribution in [2.75, 3.05) is 6.61 Å². The molecule has 0 heterocycles. The minimum atomic E-state index is -0.621. The Morgan fingerprint density at radius 3 is 2.94 bits per heavy atom. The van der Waals surface area contributed by atoms with E-state index in [1.54, 1.807) is 6.07 Å². The number of halogens is 1. The third-order valence-electron chi connectivity index (χ3n) is 2.04. The van der Waals surface area contributed by atoms with Crippen LogP contribution >= 0.6 is 0 Å². The molecule has 0 aliphatic rings. The van der Waals surface area contributed by atoms with Crippen molar-refractivity contribution in [2.24, 2.45) is 5.84 Å².